The van der Waals surface area contributed by atoms with Crippen LogP contribution in [-0.2, 0) is 6.54 Å². The highest BCUT2D eigenvalue weighted by Gasteiger charge is 2.17. The predicted octanol–water partition coefficient (Wildman–Crippen LogP) is 3.14. The maximum absolute atomic E-state index is 8.45. The number of likely N-dealkylation sites (tertiary alicyclic amines) is 1. The summed E-state index contributed by atoms with van der Waals surface area (Å²) in [5.41, 5.74) is 0.791. The molecule has 144 valence electrons. The van der Waals surface area contributed by atoms with Crippen molar-refractivity contribution < 1.29 is 0 Å². The van der Waals surface area contributed by atoms with Gasteiger partial charge in [0.05, 0.1) is 18.1 Å². The van der Waals surface area contributed by atoms with Crippen LogP contribution in [0.15, 0.2) is 23.7 Å². The molecule has 0 aromatic carbocycles. The molecule has 1 saturated heterocycles. The van der Waals surface area contributed by atoms with Gasteiger partial charge in [-0.25, -0.2) is 4.98 Å². The van der Waals surface area contributed by atoms with E-state index in [0.29, 0.717) is 12.4 Å². The molecule has 0 amide bonds. The van der Waals surface area contributed by atoms with Crippen LogP contribution in [0, 0.1) is 5.41 Å². The Bertz CT molecular complexity index is 899. The van der Waals surface area contributed by atoms with Crippen molar-refractivity contribution in [2.75, 3.05) is 13.1 Å². The molecule has 2 aromatic heterocycles. The number of nitrogens with one attached hydrogen (secondary N) is 1. The third kappa shape index (κ3) is 4.95. The highest BCUT2D eigenvalue weighted by molar-refractivity contribution is 7.09. The molecular formula is C21H29N5S. The van der Waals surface area contributed by atoms with Crippen LogP contribution in [0.2, 0.25) is 0 Å². The minimum absolute atomic E-state index is 0.564. The largest absolute Gasteiger partial charge is 0.355 e. The van der Waals surface area contributed by atoms with E-state index >= 15 is 0 Å². The van der Waals surface area contributed by atoms with Gasteiger partial charge in [-0.3, -0.25) is 10.1 Å². The first-order chi connectivity index (χ1) is 13.2. The third-order valence-corrected chi connectivity index (χ3v) is 5.65. The average Bonchev–Trinajstić information content (AvgIpc) is 3.33. The minimum Gasteiger partial charge on any atom is -0.355 e. The Morgan fingerprint density at radius 2 is 2.11 bits per heavy atom. The highest BCUT2D eigenvalue weighted by Crippen LogP contribution is 2.16. The van der Waals surface area contributed by atoms with Crippen LogP contribution in [0.5, 0.6) is 0 Å². The Morgan fingerprint density at radius 3 is 2.85 bits per heavy atom. The lowest BCUT2D eigenvalue weighted by Gasteiger charge is -2.28. The molecule has 0 spiro atoms. The second kappa shape index (κ2) is 9.65. The van der Waals surface area contributed by atoms with Crippen molar-refractivity contribution in [1.29, 1.82) is 5.41 Å². The molecule has 27 heavy (non-hydrogen) atoms. The second-order valence-electron chi connectivity index (χ2n) is 6.84. The van der Waals surface area contributed by atoms with Gasteiger partial charge in [-0.2, -0.15) is 5.10 Å². The topological polar surface area (TPSA) is 57.8 Å². The SMILES string of the molecule is C/C=c1/cnn(Cc2nc(C(=N)N3CCCCC3)cs2)/c1=C/C=C\CCC. The van der Waals surface area contributed by atoms with Gasteiger partial charge in [0.1, 0.15) is 16.5 Å². The molecule has 5 nitrogen and oxygen atoms in total. The number of allylic oxidation sites excluding steroid dienone is 2. The van der Waals surface area contributed by atoms with Crippen LogP contribution < -0.4 is 10.6 Å². The van der Waals surface area contributed by atoms with E-state index in [9.17, 15) is 0 Å². The summed E-state index contributed by atoms with van der Waals surface area (Å²) in [6, 6.07) is 0. The Hall–Kier alpha value is -2.21. The first-order valence-electron chi connectivity index (χ1n) is 9.86. The number of aromatic nitrogens is 3. The summed E-state index contributed by atoms with van der Waals surface area (Å²) in [5.74, 6) is 0.564. The van der Waals surface area contributed by atoms with Crippen molar-refractivity contribution in [3.05, 3.63) is 45.0 Å². The van der Waals surface area contributed by atoms with Crippen molar-refractivity contribution in [3.8, 4) is 0 Å². The van der Waals surface area contributed by atoms with Crippen LogP contribution in [0.1, 0.15) is 56.7 Å². The molecule has 0 saturated carbocycles. The number of thiazole rings is 1. The maximum atomic E-state index is 8.45. The number of unbranched alkanes of at least 4 members (excludes halogenated alkanes) is 1. The van der Waals surface area contributed by atoms with Crippen molar-refractivity contribution in [3.63, 3.8) is 0 Å². The van der Waals surface area contributed by atoms with E-state index in [4.69, 9.17) is 10.4 Å². The van der Waals surface area contributed by atoms with Crippen molar-refractivity contribution in [1.82, 2.24) is 19.7 Å². The fourth-order valence-corrected chi connectivity index (χ4v) is 4.02. The average molecular weight is 384 g/mol. The van der Waals surface area contributed by atoms with Crippen molar-refractivity contribution in [2.24, 2.45) is 0 Å². The van der Waals surface area contributed by atoms with E-state index in [1.54, 1.807) is 11.3 Å². The Morgan fingerprint density at radius 1 is 1.30 bits per heavy atom. The van der Waals surface area contributed by atoms with Gasteiger partial charge in [-0.1, -0.05) is 31.6 Å². The fraction of sp³-hybridized carbons (Fsp3) is 0.476. The summed E-state index contributed by atoms with van der Waals surface area (Å²) in [6.45, 7) is 6.81. The van der Waals surface area contributed by atoms with Gasteiger partial charge in [0, 0.05) is 23.7 Å². The predicted molar refractivity (Wildman–Crippen MR) is 114 cm³/mol. The molecule has 3 heterocycles. The van der Waals surface area contributed by atoms with E-state index in [0.717, 1.165) is 47.2 Å². The molecule has 2 aromatic rings. The van der Waals surface area contributed by atoms with E-state index in [1.165, 1.54) is 19.3 Å². The second-order valence-corrected chi connectivity index (χ2v) is 7.78. The summed E-state index contributed by atoms with van der Waals surface area (Å²) in [5, 5.41) is 18.2. The fourth-order valence-electron chi connectivity index (χ4n) is 3.26. The molecule has 1 aliphatic rings. The van der Waals surface area contributed by atoms with Gasteiger partial charge in [-0.15, -0.1) is 11.3 Å². The maximum Gasteiger partial charge on any atom is 0.147 e. The summed E-state index contributed by atoms with van der Waals surface area (Å²) >= 11 is 1.61. The third-order valence-electron chi connectivity index (χ3n) is 4.82. The molecule has 0 radical (unpaired) electrons. The molecule has 6 heteroatoms. The van der Waals surface area contributed by atoms with Crippen LogP contribution in [0.3, 0.4) is 0 Å². The normalized spacial score (nSPS) is 16.6. The quantitative estimate of drug-likeness (QED) is 0.616. The van der Waals surface area contributed by atoms with E-state index in [1.807, 2.05) is 23.2 Å². The Kier molecular flexibility index (Phi) is 6.98. The number of nitrogens with zero attached hydrogens (tertiary/aromatic N) is 4. The molecule has 1 N–H and O–H groups in total. The monoisotopic (exact) mass is 383 g/mol. The molecule has 0 bridgehead atoms. The van der Waals surface area contributed by atoms with Crippen LogP contribution >= 0.6 is 11.3 Å². The van der Waals surface area contributed by atoms with Crippen molar-refractivity contribution in [2.45, 2.75) is 52.5 Å². The van der Waals surface area contributed by atoms with Gasteiger partial charge in [0.25, 0.3) is 0 Å². The lowest BCUT2D eigenvalue weighted by Crippen LogP contribution is -2.35. The Balaban J connectivity index is 1.77. The lowest BCUT2D eigenvalue weighted by molar-refractivity contribution is 0.340. The zero-order valence-corrected chi connectivity index (χ0v) is 17.1. The van der Waals surface area contributed by atoms with Gasteiger partial charge in [0.2, 0.25) is 0 Å². The smallest absolute Gasteiger partial charge is 0.147 e. The molecule has 0 atom stereocenters. The molecule has 1 aliphatic heterocycles. The first-order valence-corrected chi connectivity index (χ1v) is 10.7. The molecule has 3 rings (SSSR count). The van der Waals surface area contributed by atoms with Crippen LogP contribution in [-0.4, -0.2) is 38.6 Å². The summed E-state index contributed by atoms with van der Waals surface area (Å²) in [6.07, 6.45) is 16.3. The molecule has 1 fully saturated rings. The molecule has 0 aliphatic carbocycles. The minimum atomic E-state index is 0.564. The summed E-state index contributed by atoms with van der Waals surface area (Å²) in [4.78, 5) is 6.87. The standard InChI is InChI=1S/C21H29N5S/c1-3-5-6-8-11-19-17(4-2)14-23-26(19)15-20-24-18(16-27-20)21(22)25-12-9-7-10-13-25/h4,6,8,11,14,16,22H,3,5,7,9-10,12-13,15H2,1-2H3/b8-6-,17-4-,19-11+,22-21?. The number of amidine groups is 1. The van der Waals surface area contributed by atoms with Gasteiger partial charge >= 0.3 is 0 Å². The van der Waals surface area contributed by atoms with E-state index in [2.05, 4.69) is 41.2 Å². The summed E-state index contributed by atoms with van der Waals surface area (Å²) < 4.78 is 2.00. The zero-order chi connectivity index (χ0) is 19.1. The number of hydrogen-bond acceptors (Lipinski definition) is 4. The zero-order valence-electron chi connectivity index (χ0n) is 16.3. The Labute approximate surface area is 165 Å². The number of rotatable bonds is 6. The van der Waals surface area contributed by atoms with E-state index < -0.39 is 0 Å². The summed E-state index contributed by atoms with van der Waals surface area (Å²) in [7, 11) is 0. The molecular weight excluding hydrogens is 354 g/mol. The molecule has 0 unspecified atom stereocenters. The lowest BCUT2D eigenvalue weighted by atomic mass is 10.1. The van der Waals surface area contributed by atoms with Crippen molar-refractivity contribution >= 4 is 29.3 Å². The van der Waals surface area contributed by atoms with Gasteiger partial charge < -0.3 is 4.90 Å². The number of hydrogen-bond donors (Lipinski definition) is 1. The number of piperidine rings is 1. The van der Waals surface area contributed by atoms with Crippen LogP contribution in [0.25, 0.3) is 12.2 Å². The first kappa shape index (κ1) is 19.5. The van der Waals surface area contributed by atoms with Gasteiger partial charge in [0.15, 0.2) is 0 Å². The van der Waals surface area contributed by atoms with Gasteiger partial charge in [-0.05, 0) is 38.7 Å². The van der Waals surface area contributed by atoms with Crippen LogP contribution in [0.4, 0.5) is 0 Å². The van der Waals surface area contributed by atoms with E-state index in [-0.39, 0.29) is 0 Å². The highest BCUT2D eigenvalue weighted by atomic mass is 32.1.